The first-order valence-corrected chi connectivity index (χ1v) is 10.2. The highest BCUT2D eigenvalue weighted by Gasteiger charge is 2.26. The third-order valence-electron chi connectivity index (χ3n) is 4.34. The Morgan fingerprint density at radius 2 is 1.83 bits per heavy atom. The average molecular weight is 353 g/mol. The van der Waals surface area contributed by atoms with Gasteiger partial charge in [0.25, 0.3) is 0 Å². The van der Waals surface area contributed by atoms with Gasteiger partial charge in [-0.3, -0.25) is 4.79 Å². The number of sulfone groups is 1. The first-order chi connectivity index (χ1) is 11.2. The Morgan fingerprint density at radius 1 is 1.21 bits per heavy atom. The zero-order valence-corrected chi connectivity index (χ0v) is 15.3. The molecule has 1 saturated carbocycles. The Balaban J connectivity index is 1.98. The van der Waals surface area contributed by atoms with Gasteiger partial charge in [0.05, 0.1) is 16.3 Å². The third-order valence-corrected chi connectivity index (χ3v) is 5.45. The van der Waals surface area contributed by atoms with Crippen LogP contribution in [0.25, 0.3) is 0 Å². The van der Waals surface area contributed by atoms with E-state index in [1.54, 1.807) is 12.1 Å². The maximum absolute atomic E-state index is 12.1. The molecule has 1 aromatic carbocycles. The van der Waals surface area contributed by atoms with Crippen LogP contribution in [0.2, 0.25) is 0 Å². The van der Waals surface area contributed by atoms with Gasteiger partial charge in [0, 0.05) is 24.3 Å². The lowest BCUT2D eigenvalue weighted by Gasteiger charge is -2.30. The molecule has 0 spiro atoms. The molecule has 1 aromatic rings. The van der Waals surface area contributed by atoms with Crippen LogP contribution in [0.5, 0.6) is 0 Å². The largest absolute Gasteiger partial charge is 0.397 e. The molecular weight excluding hydrogens is 326 g/mol. The van der Waals surface area contributed by atoms with Crippen molar-refractivity contribution in [2.75, 3.05) is 17.3 Å². The molecule has 0 aliphatic heterocycles. The lowest BCUT2D eigenvalue weighted by atomic mass is 9.85. The fraction of sp³-hybridized carbons (Fsp3) is 0.588. The van der Waals surface area contributed by atoms with Crippen molar-refractivity contribution in [2.24, 2.45) is 5.92 Å². The molecule has 4 N–H and O–H groups in total. The van der Waals surface area contributed by atoms with Crippen molar-refractivity contribution in [3.05, 3.63) is 18.2 Å². The zero-order valence-electron chi connectivity index (χ0n) is 14.5. The SMILES string of the molecule is CC(C)NC(=O)C1CCC(Nc2cc(S(C)(=O)=O)ccc2N)CC1. The fourth-order valence-electron chi connectivity index (χ4n) is 3.01. The number of nitrogen functional groups attached to an aromatic ring is 1. The number of anilines is 2. The van der Waals surface area contributed by atoms with Crippen molar-refractivity contribution in [3.8, 4) is 0 Å². The van der Waals surface area contributed by atoms with E-state index in [4.69, 9.17) is 5.73 Å². The normalized spacial score (nSPS) is 21.5. The maximum atomic E-state index is 12.1. The Bertz CT molecular complexity index is 693. The zero-order chi connectivity index (χ0) is 17.9. The van der Waals surface area contributed by atoms with Crippen LogP contribution in [0.4, 0.5) is 11.4 Å². The maximum Gasteiger partial charge on any atom is 0.223 e. The van der Waals surface area contributed by atoms with Crippen molar-refractivity contribution >= 4 is 27.1 Å². The highest BCUT2D eigenvalue weighted by atomic mass is 32.2. The van der Waals surface area contributed by atoms with Gasteiger partial charge in [-0.05, 0) is 57.7 Å². The minimum atomic E-state index is -3.26. The number of carbonyl (C=O) groups is 1. The molecule has 1 amide bonds. The van der Waals surface area contributed by atoms with Crippen molar-refractivity contribution in [3.63, 3.8) is 0 Å². The number of rotatable bonds is 5. The monoisotopic (exact) mass is 353 g/mol. The predicted molar refractivity (Wildman–Crippen MR) is 96.6 cm³/mol. The number of carbonyl (C=O) groups excluding carboxylic acids is 1. The lowest BCUT2D eigenvalue weighted by molar-refractivity contribution is -0.126. The molecule has 1 fully saturated rings. The molecule has 2 rings (SSSR count). The number of hydrogen-bond donors (Lipinski definition) is 3. The molecule has 7 heteroatoms. The van der Waals surface area contributed by atoms with Gasteiger partial charge in [-0.25, -0.2) is 8.42 Å². The van der Waals surface area contributed by atoms with Crippen LogP contribution < -0.4 is 16.4 Å². The van der Waals surface area contributed by atoms with E-state index in [9.17, 15) is 13.2 Å². The second-order valence-corrected chi connectivity index (χ2v) is 8.89. The highest BCUT2D eigenvalue weighted by molar-refractivity contribution is 7.90. The van der Waals surface area contributed by atoms with Crippen LogP contribution >= 0.6 is 0 Å². The number of amides is 1. The fourth-order valence-corrected chi connectivity index (χ4v) is 3.66. The van der Waals surface area contributed by atoms with E-state index in [0.717, 1.165) is 25.7 Å². The van der Waals surface area contributed by atoms with Crippen molar-refractivity contribution < 1.29 is 13.2 Å². The molecule has 0 radical (unpaired) electrons. The van der Waals surface area contributed by atoms with E-state index in [0.29, 0.717) is 11.4 Å². The summed E-state index contributed by atoms with van der Waals surface area (Å²) >= 11 is 0. The molecule has 0 bridgehead atoms. The molecular formula is C17H27N3O3S. The summed E-state index contributed by atoms with van der Waals surface area (Å²) in [5.74, 6) is 0.187. The minimum Gasteiger partial charge on any atom is -0.397 e. The Labute approximate surface area is 144 Å². The molecule has 1 aliphatic carbocycles. The summed E-state index contributed by atoms with van der Waals surface area (Å²) in [4.78, 5) is 12.3. The Kier molecular flexibility index (Phi) is 5.74. The molecule has 0 saturated heterocycles. The van der Waals surface area contributed by atoms with Crippen molar-refractivity contribution in [2.45, 2.75) is 56.5 Å². The van der Waals surface area contributed by atoms with Gasteiger partial charge >= 0.3 is 0 Å². The van der Waals surface area contributed by atoms with Gasteiger partial charge in [0.15, 0.2) is 9.84 Å². The summed E-state index contributed by atoms with van der Waals surface area (Å²) in [6, 6.07) is 5.07. The lowest BCUT2D eigenvalue weighted by Crippen LogP contribution is -2.38. The molecule has 134 valence electrons. The number of nitrogens with two attached hydrogens (primary N) is 1. The minimum absolute atomic E-state index is 0.0603. The predicted octanol–water partition coefficient (Wildman–Crippen LogP) is 2.17. The molecule has 0 atom stereocenters. The number of nitrogens with one attached hydrogen (secondary N) is 2. The molecule has 24 heavy (non-hydrogen) atoms. The van der Waals surface area contributed by atoms with E-state index >= 15 is 0 Å². The first-order valence-electron chi connectivity index (χ1n) is 8.33. The van der Waals surface area contributed by atoms with Gasteiger partial charge in [-0.15, -0.1) is 0 Å². The van der Waals surface area contributed by atoms with Gasteiger partial charge in [0.2, 0.25) is 5.91 Å². The van der Waals surface area contributed by atoms with E-state index in [-0.39, 0.29) is 28.8 Å². The molecule has 1 aliphatic rings. The standard InChI is InChI=1S/C17H27N3O3S/c1-11(2)19-17(21)12-4-6-13(7-5-12)20-16-10-14(24(3,22)23)8-9-15(16)18/h8-13,20H,4-7,18H2,1-3H3,(H,19,21). The number of hydrogen-bond acceptors (Lipinski definition) is 5. The highest BCUT2D eigenvalue weighted by Crippen LogP contribution is 2.30. The summed E-state index contributed by atoms with van der Waals surface area (Å²) in [6.45, 7) is 3.92. The van der Waals surface area contributed by atoms with Crippen molar-refractivity contribution in [1.82, 2.24) is 5.32 Å². The van der Waals surface area contributed by atoms with Crippen LogP contribution in [0.1, 0.15) is 39.5 Å². The molecule has 0 heterocycles. The summed E-state index contributed by atoms with van der Waals surface area (Å²) in [5, 5.41) is 6.30. The van der Waals surface area contributed by atoms with Gasteiger partial charge in [-0.2, -0.15) is 0 Å². The summed E-state index contributed by atoms with van der Waals surface area (Å²) in [5.41, 5.74) is 7.13. The third kappa shape index (κ3) is 4.87. The average Bonchev–Trinajstić information content (AvgIpc) is 2.48. The van der Waals surface area contributed by atoms with E-state index in [1.807, 2.05) is 13.8 Å². The Hall–Kier alpha value is -1.76. The second-order valence-electron chi connectivity index (χ2n) is 6.88. The van der Waals surface area contributed by atoms with E-state index in [1.165, 1.54) is 12.3 Å². The smallest absolute Gasteiger partial charge is 0.223 e. The number of benzene rings is 1. The Morgan fingerprint density at radius 3 is 2.38 bits per heavy atom. The molecule has 0 aromatic heterocycles. The molecule has 0 unspecified atom stereocenters. The van der Waals surface area contributed by atoms with E-state index < -0.39 is 9.84 Å². The van der Waals surface area contributed by atoms with Crippen LogP contribution in [-0.2, 0) is 14.6 Å². The molecule has 6 nitrogen and oxygen atoms in total. The van der Waals surface area contributed by atoms with Gasteiger partial charge in [0.1, 0.15) is 0 Å². The van der Waals surface area contributed by atoms with Crippen LogP contribution in [-0.4, -0.2) is 32.7 Å². The van der Waals surface area contributed by atoms with Gasteiger partial charge < -0.3 is 16.4 Å². The van der Waals surface area contributed by atoms with Crippen LogP contribution in [0.15, 0.2) is 23.1 Å². The summed E-state index contributed by atoms with van der Waals surface area (Å²) in [7, 11) is -3.26. The quantitative estimate of drug-likeness (QED) is 0.704. The summed E-state index contributed by atoms with van der Waals surface area (Å²) < 4.78 is 23.4. The van der Waals surface area contributed by atoms with Crippen LogP contribution in [0.3, 0.4) is 0 Å². The van der Waals surface area contributed by atoms with Crippen LogP contribution in [0, 0.1) is 5.92 Å². The topological polar surface area (TPSA) is 101 Å². The van der Waals surface area contributed by atoms with Crippen molar-refractivity contribution in [1.29, 1.82) is 0 Å². The summed E-state index contributed by atoms with van der Waals surface area (Å²) in [6.07, 6.45) is 4.54. The first kappa shape index (κ1) is 18.6. The van der Waals surface area contributed by atoms with Gasteiger partial charge in [-0.1, -0.05) is 0 Å². The van der Waals surface area contributed by atoms with E-state index in [2.05, 4.69) is 10.6 Å². The second kappa shape index (κ2) is 7.42.